The van der Waals surface area contributed by atoms with Crippen molar-refractivity contribution in [1.82, 2.24) is 9.80 Å². The van der Waals surface area contributed by atoms with Crippen LogP contribution in [-0.4, -0.2) is 66.8 Å². The van der Waals surface area contributed by atoms with Crippen molar-refractivity contribution in [3.63, 3.8) is 0 Å². The molecule has 0 unspecified atom stereocenters. The van der Waals surface area contributed by atoms with Crippen molar-refractivity contribution >= 4 is 29.1 Å². The monoisotopic (exact) mass is 558 g/mol. The number of rotatable bonds is 7. The molecule has 0 bridgehead atoms. The molecule has 1 heterocycles. The van der Waals surface area contributed by atoms with Crippen LogP contribution in [0.5, 0.6) is 0 Å². The minimum Gasteiger partial charge on any atom is -0.369 e. The van der Waals surface area contributed by atoms with E-state index in [1.54, 1.807) is 23.1 Å². The lowest BCUT2D eigenvalue weighted by Gasteiger charge is -2.28. The summed E-state index contributed by atoms with van der Waals surface area (Å²) in [4.78, 5) is 45.2. The van der Waals surface area contributed by atoms with Crippen molar-refractivity contribution in [2.75, 3.05) is 49.5 Å². The van der Waals surface area contributed by atoms with Gasteiger partial charge in [-0.2, -0.15) is 13.2 Å². The predicted molar refractivity (Wildman–Crippen MR) is 148 cm³/mol. The van der Waals surface area contributed by atoms with Gasteiger partial charge in [0.1, 0.15) is 0 Å². The van der Waals surface area contributed by atoms with Crippen molar-refractivity contribution in [3.8, 4) is 0 Å². The first-order valence-electron chi connectivity index (χ1n) is 14.1. The van der Waals surface area contributed by atoms with Gasteiger partial charge in [-0.25, -0.2) is 0 Å². The molecular weight excluding hydrogens is 521 g/mol. The molecule has 3 amide bonds. The molecule has 7 nitrogen and oxygen atoms in total. The lowest BCUT2D eigenvalue weighted by Crippen LogP contribution is -2.38. The maximum absolute atomic E-state index is 13.6. The minimum absolute atomic E-state index is 0.0771. The Morgan fingerprint density at radius 1 is 0.900 bits per heavy atom. The van der Waals surface area contributed by atoms with Crippen LogP contribution in [0.2, 0.25) is 0 Å². The van der Waals surface area contributed by atoms with Crippen LogP contribution in [0.3, 0.4) is 0 Å². The second-order valence-electron chi connectivity index (χ2n) is 10.4. The van der Waals surface area contributed by atoms with E-state index in [-0.39, 0.29) is 23.3 Å². The molecular formula is C30H37F3N4O3. The van der Waals surface area contributed by atoms with Crippen molar-refractivity contribution in [3.05, 3.63) is 59.2 Å². The van der Waals surface area contributed by atoms with Crippen LogP contribution in [-0.2, 0) is 11.0 Å². The SMILES string of the molecule is CCN(CC)C(=O)c1cc(NC(=O)c2ccc(C(F)(F)F)cc2)ccc1N1CCCN(C(=O)C2CCCC2)CC1. The second-order valence-corrected chi connectivity index (χ2v) is 10.4. The lowest BCUT2D eigenvalue weighted by atomic mass is 10.1. The molecule has 2 aromatic rings. The smallest absolute Gasteiger partial charge is 0.369 e. The largest absolute Gasteiger partial charge is 0.416 e. The summed E-state index contributed by atoms with van der Waals surface area (Å²) in [6.07, 6.45) is 0.425. The third kappa shape index (κ3) is 6.77. The molecule has 216 valence electrons. The summed E-state index contributed by atoms with van der Waals surface area (Å²) < 4.78 is 38.7. The number of nitrogens with zero attached hydrogens (tertiary/aromatic N) is 3. The van der Waals surface area contributed by atoms with E-state index >= 15 is 0 Å². The molecule has 1 saturated carbocycles. The van der Waals surface area contributed by atoms with Crippen molar-refractivity contribution in [2.45, 2.75) is 52.1 Å². The Bertz CT molecular complexity index is 1210. The molecule has 0 atom stereocenters. The highest BCUT2D eigenvalue weighted by Crippen LogP contribution is 2.31. The number of benzene rings is 2. The zero-order valence-electron chi connectivity index (χ0n) is 23.1. The molecule has 2 aromatic carbocycles. The van der Waals surface area contributed by atoms with Gasteiger partial charge in [-0.3, -0.25) is 14.4 Å². The van der Waals surface area contributed by atoms with Gasteiger partial charge in [-0.05, 0) is 75.6 Å². The van der Waals surface area contributed by atoms with Gasteiger partial charge in [0, 0.05) is 62.1 Å². The summed E-state index contributed by atoms with van der Waals surface area (Å²) in [5.74, 6) is -0.383. The van der Waals surface area contributed by atoms with E-state index in [0.29, 0.717) is 50.5 Å². The first-order valence-corrected chi connectivity index (χ1v) is 14.1. The van der Waals surface area contributed by atoms with E-state index in [1.807, 2.05) is 18.7 Å². The standard InChI is InChI=1S/C30H37F3N4O3/c1-3-35(4-2)29(40)25-20-24(34-27(38)21-10-12-23(13-11-21)30(31,32)33)14-15-26(25)36-16-7-17-37(19-18-36)28(39)22-8-5-6-9-22/h10-15,20,22H,3-9,16-19H2,1-2H3,(H,34,38). The number of hydrogen-bond donors (Lipinski definition) is 1. The molecule has 40 heavy (non-hydrogen) atoms. The Morgan fingerprint density at radius 3 is 2.20 bits per heavy atom. The van der Waals surface area contributed by atoms with Gasteiger partial charge >= 0.3 is 6.18 Å². The van der Waals surface area contributed by atoms with Crippen LogP contribution in [0.1, 0.15) is 72.2 Å². The maximum Gasteiger partial charge on any atom is 0.416 e. The fourth-order valence-electron chi connectivity index (χ4n) is 5.57. The van der Waals surface area contributed by atoms with Crippen LogP contribution < -0.4 is 10.2 Å². The number of hydrogen-bond acceptors (Lipinski definition) is 4. The molecule has 2 fully saturated rings. The van der Waals surface area contributed by atoms with E-state index < -0.39 is 17.6 Å². The maximum atomic E-state index is 13.6. The molecule has 1 N–H and O–H groups in total. The highest BCUT2D eigenvalue weighted by atomic mass is 19.4. The Morgan fingerprint density at radius 2 is 1.57 bits per heavy atom. The molecule has 10 heteroatoms. The van der Waals surface area contributed by atoms with Crippen LogP contribution >= 0.6 is 0 Å². The van der Waals surface area contributed by atoms with E-state index in [2.05, 4.69) is 10.2 Å². The van der Waals surface area contributed by atoms with Crippen LogP contribution in [0.15, 0.2) is 42.5 Å². The number of amides is 3. The van der Waals surface area contributed by atoms with Gasteiger partial charge in [0.05, 0.1) is 11.1 Å². The highest BCUT2D eigenvalue weighted by Gasteiger charge is 2.31. The summed E-state index contributed by atoms with van der Waals surface area (Å²) in [5, 5.41) is 2.72. The van der Waals surface area contributed by atoms with Gasteiger partial charge in [-0.15, -0.1) is 0 Å². The van der Waals surface area contributed by atoms with Crippen LogP contribution in [0.4, 0.5) is 24.5 Å². The number of anilines is 2. The molecule has 0 aromatic heterocycles. The van der Waals surface area contributed by atoms with E-state index in [1.165, 1.54) is 0 Å². The Hall–Kier alpha value is -3.56. The topological polar surface area (TPSA) is 73.0 Å². The van der Waals surface area contributed by atoms with E-state index in [4.69, 9.17) is 0 Å². The lowest BCUT2D eigenvalue weighted by molar-refractivity contribution is -0.137. The summed E-state index contributed by atoms with van der Waals surface area (Å²) in [6.45, 7) is 7.37. The fraction of sp³-hybridized carbons (Fsp3) is 0.500. The van der Waals surface area contributed by atoms with Gasteiger partial charge < -0.3 is 20.0 Å². The van der Waals surface area contributed by atoms with Gasteiger partial charge in [0.2, 0.25) is 5.91 Å². The van der Waals surface area contributed by atoms with E-state index in [9.17, 15) is 27.6 Å². The molecule has 2 aliphatic rings. The number of halogens is 3. The number of nitrogens with one attached hydrogen (secondary N) is 1. The third-order valence-corrected chi connectivity index (χ3v) is 7.86. The highest BCUT2D eigenvalue weighted by molar-refractivity contribution is 6.06. The average Bonchev–Trinajstić information content (AvgIpc) is 3.38. The molecule has 1 aliphatic carbocycles. The second kappa shape index (κ2) is 12.7. The molecule has 1 aliphatic heterocycles. The average molecular weight is 559 g/mol. The third-order valence-electron chi connectivity index (χ3n) is 7.86. The van der Waals surface area contributed by atoms with Gasteiger partial charge in [0.25, 0.3) is 11.8 Å². The van der Waals surface area contributed by atoms with Crippen molar-refractivity contribution < 1.29 is 27.6 Å². The van der Waals surface area contributed by atoms with E-state index in [0.717, 1.165) is 62.1 Å². The van der Waals surface area contributed by atoms with Crippen LogP contribution in [0, 0.1) is 5.92 Å². The quantitative estimate of drug-likeness (QED) is 0.476. The first-order chi connectivity index (χ1) is 19.1. The molecule has 4 rings (SSSR count). The van der Waals surface area contributed by atoms with Gasteiger partial charge in [0.15, 0.2) is 0 Å². The predicted octanol–water partition coefficient (Wildman–Crippen LogP) is 5.67. The summed E-state index contributed by atoms with van der Waals surface area (Å²) in [5.41, 5.74) is 0.788. The van der Waals surface area contributed by atoms with Crippen LogP contribution in [0.25, 0.3) is 0 Å². The van der Waals surface area contributed by atoms with Crippen molar-refractivity contribution in [2.24, 2.45) is 5.92 Å². The van der Waals surface area contributed by atoms with Gasteiger partial charge in [-0.1, -0.05) is 12.8 Å². The summed E-state index contributed by atoms with van der Waals surface area (Å²) >= 11 is 0. The zero-order valence-corrected chi connectivity index (χ0v) is 23.1. The number of carbonyl (C=O) groups excluding carboxylic acids is 3. The Balaban J connectivity index is 1.55. The summed E-state index contributed by atoms with van der Waals surface area (Å²) in [7, 11) is 0. The zero-order chi connectivity index (χ0) is 28.9. The minimum atomic E-state index is -4.49. The Kier molecular flexibility index (Phi) is 9.37. The summed E-state index contributed by atoms with van der Waals surface area (Å²) in [6, 6.07) is 9.12. The number of carbonyl (C=O) groups is 3. The van der Waals surface area contributed by atoms with Crippen molar-refractivity contribution in [1.29, 1.82) is 0 Å². The normalized spacial score (nSPS) is 16.5. The molecule has 1 saturated heterocycles. The Labute approximate surface area is 233 Å². The number of alkyl halides is 3. The molecule has 0 radical (unpaired) electrons. The first kappa shape index (κ1) is 29.4. The molecule has 0 spiro atoms. The fourth-order valence-corrected chi connectivity index (χ4v) is 5.57.